The molecular formula is C26H17N7S. The Morgan fingerprint density at radius 2 is 1.06 bits per heavy atom. The van der Waals surface area contributed by atoms with E-state index in [0.717, 1.165) is 17.2 Å². The number of anilines is 3. The number of nitrogens with zero attached hydrogens (tertiary/aromatic N) is 7. The van der Waals surface area contributed by atoms with Gasteiger partial charge in [0.15, 0.2) is 5.82 Å². The van der Waals surface area contributed by atoms with Crippen molar-refractivity contribution in [2.45, 2.75) is 23.6 Å². The Hall–Kier alpha value is -4.17. The summed E-state index contributed by atoms with van der Waals surface area (Å²) in [7, 11) is 0. The fraction of sp³-hybridized carbons (Fsp3) is 0.0769. The number of hydrogen-bond donors (Lipinski definition) is 0. The zero-order valence-corrected chi connectivity index (χ0v) is 19.2. The molecule has 0 saturated carbocycles. The summed E-state index contributed by atoms with van der Waals surface area (Å²) in [4.78, 5) is 32.8. The van der Waals surface area contributed by atoms with Crippen molar-refractivity contribution in [3.63, 3.8) is 0 Å². The molecule has 4 heterocycles. The van der Waals surface area contributed by atoms with Crippen molar-refractivity contribution < 1.29 is 0 Å². The molecule has 7 nitrogen and oxygen atoms in total. The molecule has 0 fully saturated rings. The van der Waals surface area contributed by atoms with Gasteiger partial charge in [0, 0.05) is 34.6 Å². The van der Waals surface area contributed by atoms with E-state index in [1.807, 2.05) is 6.20 Å². The number of aromatic nitrogens is 6. The fourth-order valence-corrected chi connectivity index (χ4v) is 5.88. The van der Waals surface area contributed by atoms with Crippen molar-refractivity contribution in [3.05, 3.63) is 78.5 Å². The van der Waals surface area contributed by atoms with Crippen LogP contribution in [0.25, 0.3) is 33.1 Å². The number of benzene rings is 3. The molecule has 162 valence electrons. The van der Waals surface area contributed by atoms with Gasteiger partial charge in [0.25, 0.3) is 0 Å². The van der Waals surface area contributed by atoms with Crippen LogP contribution in [0.3, 0.4) is 0 Å². The standard InChI is InChI=1S/C26H17N7S/c1-14-5-3-7-16-25(14)33(26-15(2)6-4-8-17(26)34-16)18-13-31-23-21-19(27-9-10-29-21)20-22(24(23)32-18)30-12-11-28-20/h3-13H,1-2H3. The summed E-state index contributed by atoms with van der Waals surface area (Å²) in [5.41, 5.74) is 8.62. The van der Waals surface area contributed by atoms with Crippen molar-refractivity contribution >= 4 is 62.1 Å². The lowest BCUT2D eigenvalue weighted by atomic mass is 10.1. The number of rotatable bonds is 1. The van der Waals surface area contributed by atoms with E-state index < -0.39 is 0 Å². The van der Waals surface area contributed by atoms with Crippen LogP contribution < -0.4 is 4.90 Å². The number of aryl methyl sites for hydroxylation is 2. The molecule has 8 heteroatoms. The normalized spacial score (nSPS) is 12.8. The van der Waals surface area contributed by atoms with Gasteiger partial charge in [0.05, 0.1) is 17.6 Å². The van der Waals surface area contributed by atoms with Crippen LogP contribution in [-0.2, 0) is 0 Å². The van der Waals surface area contributed by atoms with Crippen LogP contribution in [0.15, 0.2) is 77.2 Å². The summed E-state index contributed by atoms with van der Waals surface area (Å²) in [6.07, 6.45) is 8.49. The molecular weight excluding hydrogens is 442 g/mol. The maximum Gasteiger partial charge on any atom is 0.157 e. The lowest BCUT2D eigenvalue weighted by Crippen LogP contribution is -2.18. The predicted molar refractivity (Wildman–Crippen MR) is 134 cm³/mol. The van der Waals surface area contributed by atoms with Crippen molar-refractivity contribution in [1.82, 2.24) is 29.9 Å². The average molecular weight is 460 g/mol. The van der Waals surface area contributed by atoms with E-state index in [0.29, 0.717) is 33.1 Å². The van der Waals surface area contributed by atoms with Crippen molar-refractivity contribution in [2.75, 3.05) is 4.90 Å². The van der Waals surface area contributed by atoms with Crippen LogP contribution in [0.2, 0.25) is 0 Å². The molecule has 0 radical (unpaired) electrons. The Kier molecular flexibility index (Phi) is 4.07. The molecule has 0 saturated heterocycles. The molecule has 7 rings (SSSR count). The molecule has 0 N–H and O–H groups in total. The first-order valence-corrected chi connectivity index (χ1v) is 11.7. The van der Waals surface area contributed by atoms with Gasteiger partial charge in [-0.05, 0) is 37.1 Å². The van der Waals surface area contributed by atoms with Gasteiger partial charge in [-0.15, -0.1) is 0 Å². The van der Waals surface area contributed by atoms with Gasteiger partial charge in [-0.2, -0.15) is 0 Å². The second-order valence-corrected chi connectivity index (χ2v) is 9.30. The van der Waals surface area contributed by atoms with E-state index in [9.17, 15) is 0 Å². The lowest BCUT2D eigenvalue weighted by molar-refractivity contribution is 1.08. The molecule has 3 aromatic heterocycles. The largest absolute Gasteiger partial charge is 0.291 e. The smallest absolute Gasteiger partial charge is 0.157 e. The van der Waals surface area contributed by atoms with Crippen LogP contribution >= 0.6 is 11.8 Å². The summed E-state index contributed by atoms with van der Waals surface area (Å²) < 4.78 is 0. The summed E-state index contributed by atoms with van der Waals surface area (Å²) in [6.45, 7) is 4.27. The second-order valence-electron chi connectivity index (χ2n) is 8.21. The molecule has 34 heavy (non-hydrogen) atoms. The van der Waals surface area contributed by atoms with Gasteiger partial charge in [-0.25, -0.2) is 9.97 Å². The van der Waals surface area contributed by atoms with E-state index in [-0.39, 0.29) is 0 Å². The molecule has 0 bridgehead atoms. The summed E-state index contributed by atoms with van der Waals surface area (Å²) in [6, 6.07) is 12.8. The Morgan fingerprint density at radius 3 is 1.59 bits per heavy atom. The zero-order valence-electron chi connectivity index (χ0n) is 18.4. The molecule has 0 aliphatic carbocycles. The Bertz CT molecular complexity index is 1700. The summed E-state index contributed by atoms with van der Waals surface area (Å²) in [5.74, 6) is 0.731. The molecule has 1 aliphatic rings. The highest BCUT2D eigenvalue weighted by Crippen LogP contribution is 2.53. The van der Waals surface area contributed by atoms with Gasteiger partial charge in [-0.1, -0.05) is 36.0 Å². The van der Waals surface area contributed by atoms with E-state index in [1.165, 1.54) is 20.9 Å². The van der Waals surface area contributed by atoms with Crippen LogP contribution in [0.4, 0.5) is 17.2 Å². The number of para-hydroxylation sites is 2. The molecule has 0 spiro atoms. The van der Waals surface area contributed by atoms with Crippen molar-refractivity contribution in [2.24, 2.45) is 0 Å². The first-order valence-electron chi connectivity index (χ1n) is 10.9. The molecule has 0 atom stereocenters. The minimum absolute atomic E-state index is 0.664. The molecule has 0 amide bonds. The van der Waals surface area contributed by atoms with Gasteiger partial charge in [-0.3, -0.25) is 24.8 Å². The van der Waals surface area contributed by atoms with E-state index in [2.05, 4.69) is 75.1 Å². The predicted octanol–water partition coefficient (Wildman–Crippen LogP) is 6.07. The summed E-state index contributed by atoms with van der Waals surface area (Å²) in [5, 5.41) is 0. The quantitative estimate of drug-likeness (QED) is 0.274. The third-order valence-electron chi connectivity index (χ3n) is 6.13. The summed E-state index contributed by atoms with van der Waals surface area (Å²) >= 11 is 1.79. The van der Waals surface area contributed by atoms with E-state index in [4.69, 9.17) is 9.97 Å². The van der Waals surface area contributed by atoms with Crippen LogP contribution in [-0.4, -0.2) is 29.9 Å². The van der Waals surface area contributed by atoms with Gasteiger partial charge in [0.2, 0.25) is 0 Å². The highest BCUT2D eigenvalue weighted by molar-refractivity contribution is 7.99. The fourth-order valence-electron chi connectivity index (χ4n) is 4.66. The average Bonchev–Trinajstić information content (AvgIpc) is 2.88. The highest BCUT2D eigenvalue weighted by Gasteiger charge is 2.29. The molecule has 1 aliphatic heterocycles. The second kappa shape index (κ2) is 7.16. The Morgan fingerprint density at radius 1 is 0.588 bits per heavy atom. The van der Waals surface area contributed by atoms with Crippen molar-refractivity contribution in [1.29, 1.82) is 0 Å². The first kappa shape index (κ1) is 19.3. The highest BCUT2D eigenvalue weighted by atomic mass is 32.2. The Labute approximate surface area is 199 Å². The molecule has 6 aromatic rings. The number of fused-ring (bicyclic) bond motifs is 8. The maximum absolute atomic E-state index is 5.14. The van der Waals surface area contributed by atoms with Crippen LogP contribution in [0, 0.1) is 13.8 Å². The third-order valence-corrected chi connectivity index (χ3v) is 7.23. The molecule has 0 unspecified atom stereocenters. The van der Waals surface area contributed by atoms with Crippen LogP contribution in [0.1, 0.15) is 11.1 Å². The van der Waals surface area contributed by atoms with Gasteiger partial charge >= 0.3 is 0 Å². The third kappa shape index (κ3) is 2.66. The monoisotopic (exact) mass is 459 g/mol. The SMILES string of the molecule is Cc1cccc2c1N(c1cnc3c4nccnc4c4nccnc4c3n1)c1c(C)cccc1S2. The van der Waals surface area contributed by atoms with Gasteiger partial charge in [0.1, 0.15) is 33.1 Å². The Balaban J connectivity index is 1.59. The van der Waals surface area contributed by atoms with Crippen LogP contribution in [0.5, 0.6) is 0 Å². The minimum atomic E-state index is 0.664. The maximum atomic E-state index is 5.14. The first-order chi connectivity index (χ1) is 16.7. The van der Waals surface area contributed by atoms with E-state index >= 15 is 0 Å². The topological polar surface area (TPSA) is 80.6 Å². The minimum Gasteiger partial charge on any atom is -0.291 e. The van der Waals surface area contributed by atoms with Gasteiger partial charge < -0.3 is 0 Å². The van der Waals surface area contributed by atoms with Crippen molar-refractivity contribution in [3.8, 4) is 0 Å². The zero-order chi connectivity index (χ0) is 22.8. The number of hydrogen-bond acceptors (Lipinski definition) is 8. The lowest BCUT2D eigenvalue weighted by Gasteiger charge is -2.34. The molecule has 3 aromatic carbocycles. The van der Waals surface area contributed by atoms with E-state index in [1.54, 1.807) is 36.5 Å².